The van der Waals surface area contributed by atoms with E-state index in [1.165, 1.54) is 5.01 Å². The maximum atomic E-state index is 12.7. The maximum Gasteiger partial charge on any atom is 0.342 e. The lowest BCUT2D eigenvalue weighted by atomic mass is 10.0. The molecule has 122 valence electrons. The smallest absolute Gasteiger partial charge is 0.306 e. The fourth-order valence-electron chi connectivity index (χ4n) is 2.87. The molecule has 0 saturated carbocycles. The van der Waals surface area contributed by atoms with Gasteiger partial charge in [0.25, 0.3) is 0 Å². The third kappa shape index (κ3) is 3.15. The number of urea groups is 1. The van der Waals surface area contributed by atoms with E-state index in [9.17, 15) is 4.79 Å². The van der Waals surface area contributed by atoms with Crippen molar-refractivity contribution in [2.45, 2.75) is 6.54 Å². The number of carbonyl (C=O) groups excluding carboxylic acids is 1. The summed E-state index contributed by atoms with van der Waals surface area (Å²) in [6.45, 7) is 0.414. The molecule has 0 saturated heterocycles. The molecule has 1 N–H and O–H groups in total. The third-order valence-corrected chi connectivity index (χ3v) is 4.10. The Morgan fingerprint density at radius 1 is 0.800 bits per heavy atom. The zero-order valence-electron chi connectivity index (χ0n) is 13.6. The van der Waals surface area contributed by atoms with Crippen LogP contribution in [0.15, 0.2) is 90.0 Å². The average molecular weight is 327 g/mol. The van der Waals surface area contributed by atoms with Gasteiger partial charge in [-0.1, -0.05) is 78.9 Å². The van der Waals surface area contributed by atoms with Crippen molar-refractivity contribution in [2.75, 3.05) is 5.32 Å². The molecule has 0 bridgehead atoms. The minimum Gasteiger partial charge on any atom is -0.306 e. The molecule has 4 rings (SSSR count). The number of nitrogens with one attached hydrogen (secondary N) is 1. The number of fused-ring (bicyclic) bond motifs is 1. The summed E-state index contributed by atoms with van der Waals surface area (Å²) in [7, 11) is 0. The number of para-hydroxylation sites is 1. The molecule has 1 heterocycles. The summed E-state index contributed by atoms with van der Waals surface area (Å²) in [6, 6.07) is 27.3. The number of benzene rings is 3. The standard InChI is InChI=1S/C21H17N3O/c25-21-22-19-14-8-7-13-18(19)20(17-11-5-2-6-12-17)23-24(21)15-16-9-3-1-4-10-16/h1-14H,15H2,(H,22,25). The highest BCUT2D eigenvalue weighted by Crippen LogP contribution is 2.24. The van der Waals surface area contributed by atoms with Gasteiger partial charge in [0, 0.05) is 11.1 Å². The van der Waals surface area contributed by atoms with Crippen molar-refractivity contribution in [2.24, 2.45) is 5.10 Å². The summed E-state index contributed by atoms with van der Waals surface area (Å²) < 4.78 is 0. The van der Waals surface area contributed by atoms with Crippen molar-refractivity contribution in [3.63, 3.8) is 0 Å². The Morgan fingerprint density at radius 2 is 1.44 bits per heavy atom. The molecular weight excluding hydrogens is 310 g/mol. The number of hydrogen-bond acceptors (Lipinski definition) is 2. The van der Waals surface area contributed by atoms with Crippen molar-refractivity contribution in [1.29, 1.82) is 0 Å². The molecule has 0 fully saturated rings. The maximum absolute atomic E-state index is 12.7. The van der Waals surface area contributed by atoms with Gasteiger partial charge in [-0.3, -0.25) is 0 Å². The topological polar surface area (TPSA) is 44.7 Å². The van der Waals surface area contributed by atoms with E-state index in [1.54, 1.807) is 0 Å². The summed E-state index contributed by atoms with van der Waals surface area (Å²) >= 11 is 0. The fraction of sp³-hybridized carbons (Fsp3) is 0.0476. The second kappa shape index (κ2) is 6.61. The van der Waals surface area contributed by atoms with Gasteiger partial charge in [-0.05, 0) is 11.6 Å². The molecule has 3 aromatic carbocycles. The van der Waals surface area contributed by atoms with Gasteiger partial charge in [0.2, 0.25) is 0 Å². The van der Waals surface area contributed by atoms with Gasteiger partial charge in [-0.2, -0.15) is 5.10 Å². The van der Waals surface area contributed by atoms with E-state index < -0.39 is 0 Å². The lowest BCUT2D eigenvalue weighted by Crippen LogP contribution is -2.29. The van der Waals surface area contributed by atoms with E-state index >= 15 is 0 Å². The summed E-state index contributed by atoms with van der Waals surface area (Å²) in [5, 5.41) is 9.15. The fourth-order valence-corrected chi connectivity index (χ4v) is 2.87. The Morgan fingerprint density at radius 3 is 2.20 bits per heavy atom. The largest absolute Gasteiger partial charge is 0.342 e. The quantitative estimate of drug-likeness (QED) is 0.757. The van der Waals surface area contributed by atoms with E-state index in [0.29, 0.717) is 6.54 Å². The van der Waals surface area contributed by atoms with Gasteiger partial charge >= 0.3 is 6.03 Å². The molecule has 0 radical (unpaired) electrons. The highest BCUT2D eigenvalue weighted by Gasteiger charge is 2.23. The Balaban J connectivity index is 1.80. The third-order valence-electron chi connectivity index (χ3n) is 4.10. The molecule has 4 heteroatoms. The number of rotatable bonds is 3. The predicted octanol–water partition coefficient (Wildman–Crippen LogP) is 4.49. The van der Waals surface area contributed by atoms with E-state index in [0.717, 1.165) is 28.1 Å². The van der Waals surface area contributed by atoms with Crippen LogP contribution in [0.1, 0.15) is 16.7 Å². The summed E-state index contributed by atoms with van der Waals surface area (Å²) in [6.07, 6.45) is 0. The van der Waals surface area contributed by atoms with Gasteiger partial charge in [0.1, 0.15) is 5.71 Å². The zero-order chi connectivity index (χ0) is 17.1. The van der Waals surface area contributed by atoms with E-state index in [-0.39, 0.29) is 6.03 Å². The van der Waals surface area contributed by atoms with Crippen molar-refractivity contribution < 1.29 is 4.79 Å². The first-order valence-corrected chi connectivity index (χ1v) is 8.17. The van der Waals surface area contributed by atoms with E-state index in [4.69, 9.17) is 5.10 Å². The van der Waals surface area contributed by atoms with Crippen LogP contribution in [0, 0.1) is 0 Å². The van der Waals surface area contributed by atoms with Crippen LogP contribution >= 0.6 is 0 Å². The number of anilines is 1. The zero-order valence-corrected chi connectivity index (χ0v) is 13.6. The molecule has 3 aromatic rings. The molecule has 25 heavy (non-hydrogen) atoms. The number of amides is 2. The van der Waals surface area contributed by atoms with Crippen molar-refractivity contribution in [1.82, 2.24) is 5.01 Å². The second-order valence-corrected chi connectivity index (χ2v) is 5.83. The van der Waals surface area contributed by atoms with Gasteiger partial charge in [0.05, 0.1) is 12.2 Å². The number of hydrogen-bond donors (Lipinski definition) is 1. The van der Waals surface area contributed by atoms with Gasteiger partial charge in [-0.15, -0.1) is 0 Å². The van der Waals surface area contributed by atoms with Crippen LogP contribution in [0.4, 0.5) is 10.5 Å². The molecule has 0 aromatic heterocycles. The van der Waals surface area contributed by atoms with E-state index in [2.05, 4.69) is 5.32 Å². The molecule has 0 atom stereocenters. The van der Waals surface area contributed by atoms with Crippen molar-refractivity contribution >= 4 is 17.4 Å². The number of carbonyl (C=O) groups is 1. The number of hydrazone groups is 1. The van der Waals surface area contributed by atoms with Crippen molar-refractivity contribution in [3.8, 4) is 0 Å². The van der Waals surface area contributed by atoms with Crippen LogP contribution in [-0.4, -0.2) is 16.8 Å². The van der Waals surface area contributed by atoms with Crippen LogP contribution in [0.2, 0.25) is 0 Å². The van der Waals surface area contributed by atoms with Gasteiger partial charge in [0.15, 0.2) is 0 Å². The average Bonchev–Trinajstić information content (AvgIpc) is 2.80. The molecule has 2 amide bonds. The Bertz CT molecular complexity index is 920. The Hall–Kier alpha value is -3.40. The van der Waals surface area contributed by atoms with Crippen LogP contribution < -0.4 is 5.32 Å². The molecule has 1 aliphatic rings. The molecule has 4 nitrogen and oxygen atoms in total. The van der Waals surface area contributed by atoms with Gasteiger partial charge in [-0.25, -0.2) is 9.80 Å². The van der Waals surface area contributed by atoms with Gasteiger partial charge < -0.3 is 5.32 Å². The lowest BCUT2D eigenvalue weighted by Gasteiger charge is -2.16. The minimum absolute atomic E-state index is 0.234. The predicted molar refractivity (Wildman–Crippen MR) is 99.5 cm³/mol. The van der Waals surface area contributed by atoms with Crippen LogP contribution in [0.25, 0.3) is 0 Å². The second-order valence-electron chi connectivity index (χ2n) is 5.83. The molecule has 0 aliphatic carbocycles. The molecular formula is C21H17N3O. The first kappa shape index (κ1) is 15.1. The van der Waals surface area contributed by atoms with Crippen LogP contribution in [-0.2, 0) is 6.54 Å². The molecule has 0 spiro atoms. The summed E-state index contributed by atoms with van der Waals surface area (Å²) in [5.41, 5.74) is 4.47. The van der Waals surface area contributed by atoms with Crippen molar-refractivity contribution in [3.05, 3.63) is 102 Å². The van der Waals surface area contributed by atoms with Crippen LogP contribution in [0.3, 0.4) is 0 Å². The summed E-state index contributed by atoms with van der Waals surface area (Å²) in [5.74, 6) is 0. The molecule has 0 unspecified atom stereocenters. The minimum atomic E-state index is -0.234. The molecule has 1 aliphatic heterocycles. The van der Waals surface area contributed by atoms with E-state index in [1.807, 2.05) is 84.9 Å². The Labute approximate surface area is 146 Å². The normalized spacial score (nSPS) is 13.5. The SMILES string of the molecule is O=C1Nc2ccccc2C(c2ccccc2)=NN1Cc1ccccc1. The lowest BCUT2D eigenvalue weighted by molar-refractivity contribution is 0.212. The first-order chi connectivity index (χ1) is 12.3. The van der Waals surface area contributed by atoms with Crippen LogP contribution in [0.5, 0.6) is 0 Å². The highest BCUT2D eigenvalue weighted by molar-refractivity contribution is 6.18. The summed E-state index contributed by atoms with van der Waals surface area (Å²) in [4.78, 5) is 12.7. The first-order valence-electron chi connectivity index (χ1n) is 8.17. The number of nitrogens with zero attached hydrogens (tertiary/aromatic N) is 2. The monoisotopic (exact) mass is 327 g/mol. The Kier molecular flexibility index (Phi) is 4.01. The highest BCUT2D eigenvalue weighted by atomic mass is 16.2.